The van der Waals surface area contributed by atoms with Crippen molar-refractivity contribution in [3.63, 3.8) is 0 Å². The highest BCUT2D eigenvalue weighted by Gasteiger charge is 2.48. The molecule has 1 heterocycles. The Kier molecular flexibility index (Phi) is 6.56. The minimum absolute atomic E-state index is 0.251. The van der Waals surface area contributed by atoms with Crippen LogP contribution in [0.15, 0.2) is 91.0 Å². The Labute approximate surface area is 194 Å². The predicted octanol–water partition coefficient (Wildman–Crippen LogP) is 4.67. The van der Waals surface area contributed by atoms with Gasteiger partial charge in [0.15, 0.2) is 29.6 Å². The number of hydrogen-bond donors (Lipinski definition) is 0. The van der Waals surface area contributed by atoms with Crippen LogP contribution in [-0.2, 0) is 29.4 Å². The van der Waals surface area contributed by atoms with Gasteiger partial charge in [0.05, 0.1) is 0 Å². The van der Waals surface area contributed by atoms with E-state index in [0.717, 1.165) is 16.7 Å². The molecule has 0 radical (unpaired) electrons. The van der Waals surface area contributed by atoms with Crippen LogP contribution in [0.3, 0.4) is 0 Å². The molecule has 0 N–H and O–H groups in total. The fourth-order valence-electron chi connectivity index (χ4n) is 4.32. The Morgan fingerprint density at radius 3 is 1.55 bits per heavy atom. The van der Waals surface area contributed by atoms with Crippen molar-refractivity contribution in [1.82, 2.24) is 0 Å². The lowest BCUT2D eigenvalue weighted by Gasteiger charge is -2.36. The number of ether oxygens (including phenoxy) is 3. The summed E-state index contributed by atoms with van der Waals surface area (Å²) in [7, 11) is 0. The average Bonchev–Trinajstić information content (AvgIpc) is 3.17. The number of hydrogen-bond acceptors (Lipinski definition) is 5. The SMILES string of the molecule is CC(=O)[C@@H]1OC(C)(C)O[C@@H]1C(=O)COC(c1ccccc1)(c1ccccc1)c1ccccc1. The van der Waals surface area contributed by atoms with E-state index in [-0.39, 0.29) is 18.2 Å². The molecule has 170 valence electrons. The summed E-state index contributed by atoms with van der Waals surface area (Å²) >= 11 is 0. The maximum absolute atomic E-state index is 13.3. The van der Waals surface area contributed by atoms with Crippen molar-refractivity contribution >= 4 is 11.6 Å². The summed E-state index contributed by atoms with van der Waals surface area (Å²) < 4.78 is 18.0. The third-order valence-corrected chi connectivity index (χ3v) is 5.79. The molecule has 2 atom stereocenters. The molecule has 1 aliphatic rings. The molecular formula is C28H28O5. The minimum atomic E-state index is -1.03. The second-order valence-electron chi connectivity index (χ2n) is 8.62. The Bertz CT molecular complexity index is 996. The zero-order valence-electron chi connectivity index (χ0n) is 19.1. The number of benzene rings is 3. The van der Waals surface area contributed by atoms with Crippen LogP contribution in [0, 0.1) is 0 Å². The van der Waals surface area contributed by atoms with Gasteiger partial charge in [-0.15, -0.1) is 0 Å². The lowest BCUT2D eigenvalue weighted by molar-refractivity contribution is -0.160. The average molecular weight is 445 g/mol. The normalized spacial score (nSPS) is 19.8. The maximum atomic E-state index is 13.3. The van der Waals surface area contributed by atoms with Crippen LogP contribution in [0.5, 0.6) is 0 Å². The highest BCUT2D eigenvalue weighted by Crippen LogP contribution is 2.40. The van der Waals surface area contributed by atoms with Gasteiger partial charge < -0.3 is 14.2 Å². The van der Waals surface area contributed by atoms with Gasteiger partial charge >= 0.3 is 0 Å². The predicted molar refractivity (Wildman–Crippen MR) is 125 cm³/mol. The van der Waals surface area contributed by atoms with E-state index >= 15 is 0 Å². The van der Waals surface area contributed by atoms with Crippen LogP contribution in [-0.4, -0.2) is 36.2 Å². The molecule has 3 aromatic carbocycles. The highest BCUT2D eigenvalue weighted by molar-refractivity contribution is 5.93. The van der Waals surface area contributed by atoms with Crippen molar-refractivity contribution in [3.8, 4) is 0 Å². The fraction of sp³-hybridized carbons (Fsp3) is 0.286. The number of ketones is 2. The van der Waals surface area contributed by atoms with Crippen molar-refractivity contribution in [2.45, 2.75) is 44.4 Å². The molecule has 3 aromatic rings. The van der Waals surface area contributed by atoms with Gasteiger partial charge in [-0.3, -0.25) is 9.59 Å². The minimum Gasteiger partial charge on any atom is -0.353 e. The van der Waals surface area contributed by atoms with Gasteiger partial charge in [-0.25, -0.2) is 0 Å². The van der Waals surface area contributed by atoms with Crippen LogP contribution >= 0.6 is 0 Å². The van der Waals surface area contributed by atoms with Crippen molar-refractivity contribution in [3.05, 3.63) is 108 Å². The van der Waals surface area contributed by atoms with Gasteiger partial charge in [0.2, 0.25) is 0 Å². The van der Waals surface area contributed by atoms with E-state index in [1.165, 1.54) is 6.92 Å². The highest BCUT2D eigenvalue weighted by atomic mass is 16.8. The summed E-state index contributed by atoms with van der Waals surface area (Å²) in [6.07, 6.45) is -1.96. The van der Waals surface area contributed by atoms with Gasteiger partial charge in [-0.1, -0.05) is 91.0 Å². The van der Waals surface area contributed by atoms with Crippen molar-refractivity contribution in [1.29, 1.82) is 0 Å². The maximum Gasteiger partial charge on any atom is 0.190 e. The molecule has 1 fully saturated rings. The van der Waals surface area contributed by atoms with E-state index in [2.05, 4.69) is 0 Å². The molecule has 0 saturated carbocycles. The summed E-state index contributed by atoms with van der Waals surface area (Å²) in [5.41, 5.74) is 1.65. The molecule has 1 saturated heterocycles. The lowest BCUT2D eigenvalue weighted by atomic mass is 9.80. The third kappa shape index (κ3) is 4.67. The summed E-state index contributed by atoms with van der Waals surface area (Å²) in [4.78, 5) is 25.4. The Morgan fingerprint density at radius 2 is 1.15 bits per heavy atom. The smallest absolute Gasteiger partial charge is 0.190 e. The zero-order chi connectivity index (χ0) is 23.5. The lowest BCUT2D eigenvalue weighted by Crippen LogP contribution is -2.41. The summed E-state index contributed by atoms with van der Waals surface area (Å²) in [5, 5.41) is 0. The Hall–Kier alpha value is -3.12. The monoisotopic (exact) mass is 444 g/mol. The van der Waals surface area contributed by atoms with Crippen LogP contribution in [0.25, 0.3) is 0 Å². The van der Waals surface area contributed by atoms with Crippen LogP contribution < -0.4 is 0 Å². The molecule has 5 nitrogen and oxygen atoms in total. The number of carbonyl (C=O) groups is 2. The molecule has 0 amide bonds. The molecule has 0 aliphatic carbocycles. The van der Waals surface area contributed by atoms with Crippen LogP contribution in [0.2, 0.25) is 0 Å². The first-order valence-electron chi connectivity index (χ1n) is 11.0. The van der Waals surface area contributed by atoms with E-state index < -0.39 is 23.6 Å². The molecule has 4 rings (SSSR count). The van der Waals surface area contributed by atoms with Crippen molar-refractivity contribution in [2.24, 2.45) is 0 Å². The van der Waals surface area contributed by atoms with Crippen molar-refractivity contribution in [2.75, 3.05) is 6.61 Å². The zero-order valence-corrected chi connectivity index (χ0v) is 19.1. The van der Waals surface area contributed by atoms with Gasteiger partial charge in [0.1, 0.15) is 12.2 Å². The van der Waals surface area contributed by atoms with Crippen LogP contribution in [0.1, 0.15) is 37.5 Å². The number of Topliss-reactive ketones (excluding diaryl/α,β-unsaturated/α-hetero) is 2. The molecule has 5 heteroatoms. The molecule has 1 aliphatic heterocycles. The standard InChI is InChI=1S/C28H28O5/c1-20(29)25-26(33-27(2,3)32-25)24(30)19-31-28(21-13-7-4-8-14-21,22-15-9-5-10-16-22)23-17-11-6-12-18-23/h4-18,25-26H,19H2,1-3H3/t25-,26+/m0/s1. The Balaban J connectivity index is 1.75. The summed E-state index contributed by atoms with van der Waals surface area (Å²) in [5.74, 6) is -1.61. The van der Waals surface area contributed by atoms with Crippen LogP contribution in [0.4, 0.5) is 0 Å². The van der Waals surface area contributed by atoms with E-state index in [1.54, 1.807) is 13.8 Å². The second kappa shape index (κ2) is 9.40. The third-order valence-electron chi connectivity index (χ3n) is 5.79. The molecule has 0 unspecified atom stereocenters. The van der Waals surface area contributed by atoms with Crippen molar-refractivity contribution < 1.29 is 23.8 Å². The number of carbonyl (C=O) groups excluding carboxylic acids is 2. The first-order valence-corrected chi connectivity index (χ1v) is 11.0. The topological polar surface area (TPSA) is 61.8 Å². The first kappa shape index (κ1) is 23.1. The van der Waals surface area contributed by atoms with Gasteiger partial charge in [-0.2, -0.15) is 0 Å². The second-order valence-corrected chi connectivity index (χ2v) is 8.62. The first-order chi connectivity index (χ1) is 15.8. The molecule has 0 bridgehead atoms. The molecular weight excluding hydrogens is 416 g/mol. The molecule has 0 aromatic heterocycles. The van der Waals surface area contributed by atoms with E-state index in [9.17, 15) is 9.59 Å². The van der Waals surface area contributed by atoms with Gasteiger partial charge in [0, 0.05) is 0 Å². The largest absolute Gasteiger partial charge is 0.353 e. The van der Waals surface area contributed by atoms with E-state index in [1.807, 2.05) is 91.0 Å². The molecule has 33 heavy (non-hydrogen) atoms. The van der Waals surface area contributed by atoms with Gasteiger partial charge in [0.25, 0.3) is 0 Å². The summed E-state index contributed by atoms with van der Waals surface area (Å²) in [6.45, 7) is 4.53. The quantitative estimate of drug-likeness (QED) is 0.473. The van der Waals surface area contributed by atoms with Gasteiger partial charge in [-0.05, 0) is 37.5 Å². The fourth-order valence-corrected chi connectivity index (χ4v) is 4.32. The molecule has 0 spiro atoms. The Morgan fingerprint density at radius 1 is 0.758 bits per heavy atom. The van der Waals surface area contributed by atoms with E-state index in [4.69, 9.17) is 14.2 Å². The van der Waals surface area contributed by atoms with E-state index in [0.29, 0.717) is 0 Å². The summed E-state index contributed by atoms with van der Waals surface area (Å²) in [6, 6.07) is 29.4. The number of rotatable bonds is 8.